The van der Waals surface area contributed by atoms with Crippen LogP contribution in [0.1, 0.15) is 41.6 Å². The second-order valence-corrected chi connectivity index (χ2v) is 6.02. The number of ketones is 1. The number of rotatable bonds is 3. The van der Waals surface area contributed by atoms with Crippen molar-refractivity contribution >= 4 is 17.4 Å². The summed E-state index contributed by atoms with van der Waals surface area (Å²) in [6, 6.07) is 13.8. The molecule has 0 heterocycles. The highest BCUT2D eigenvalue weighted by Gasteiger charge is 2.43. The lowest BCUT2D eigenvalue weighted by molar-refractivity contribution is 0.0885. The molecule has 0 aliphatic heterocycles. The minimum Gasteiger partial charge on any atom is -0.293 e. The molecule has 0 aromatic heterocycles. The molecular weight excluding hydrogens is 287 g/mol. The van der Waals surface area contributed by atoms with E-state index in [1.54, 1.807) is 0 Å². The Balaban J connectivity index is 2.10. The maximum Gasteiger partial charge on any atom is 0.174 e. The molecule has 1 saturated carbocycles. The fraction of sp³-hybridized carbons (Fsp3) is 0.278. The molecule has 2 aromatic carbocycles. The van der Waals surface area contributed by atoms with Gasteiger partial charge in [0.25, 0.3) is 0 Å². The molecule has 3 rings (SSSR count). The second kappa shape index (κ2) is 5.61. The van der Waals surface area contributed by atoms with Gasteiger partial charge in [-0.15, -0.1) is 0 Å². The lowest BCUT2D eigenvalue weighted by Gasteiger charge is -2.28. The average molecular weight is 303 g/mol. The zero-order valence-electron chi connectivity index (χ0n) is 11.6. The maximum atomic E-state index is 13.5. The topological polar surface area (TPSA) is 17.1 Å². The predicted octanol–water partition coefficient (Wildman–Crippen LogP) is 5.17. The number of hydrogen-bond donors (Lipinski definition) is 0. The summed E-state index contributed by atoms with van der Waals surface area (Å²) in [7, 11) is 0. The Morgan fingerprint density at radius 2 is 1.71 bits per heavy atom. The third-order valence-electron chi connectivity index (χ3n) is 4.39. The molecule has 0 amide bonds. The van der Waals surface area contributed by atoms with Crippen LogP contribution in [0.25, 0.3) is 0 Å². The van der Waals surface area contributed by atoms with Crippen molar-refractivity contribution in [1.82, 2.24) is 0 Å². The summed E-state index contributed by atoms with van der Waals surface area (Å²) in [6.45, 7) is 0. The van der Waals surface area contributed by atoms with Crippen LogP contribution in [0.5, 0.6) is 0 Å². The van der Waals surface area contributed by atoms with Crippen LogP contribution in [0.4, 0.5) is 4.39 Å². The molecule has 0 spiro atoms. The molecule has 0 bridgehead atoms. The van der Waals surface area contributed by atoms with E-state index in [-0.39, 0.29) is 5.78 Å². The molecule has 1 fully saturated rings. The number of carbonyl (C=O) groups is 1. The van der Waals surface area contributed by atoms with Crippen molar-refractivity contribution in [2.75, 3.05) is 0 Å². The Hall–Kier alpha value is -1.67. The molecule has 0 atom stereocenters. The van der Waals surface area contributed by atoms with Gasteiger partial charge in [-0.3, -0.25) is 4.79 Å². The first-order valence-electron chi connectivity index (χ1n) is 7.19. The highest BCUT2D eigenvalue weighted by Crippen LogP contribution is 2.44. The van der Waals surface area contributed by atoms with Crippen LogP contribution in [0.2, 0.25) is 5.02 Å². The van der Waals surface area contributed by atoms with Crippen LogP contribution in [0.3, 0.4) is 0 Å². The lowest BCUT2D eigenvalue weighted by Crippen LogP contribution is -2.33. The third-order valence-corrected chi connectivity index (χ3v) is 4.72. The molecule has 0 saturated heterocycles. The summed E-state index contributed by atoms with van der Waals surface area (Å²) in [5, 5.41) is 0.323. The van der Waals surface area contributed by atoms with E-state index < -0.39 is 11.2 Å². The Labute approximate surface area is 128 Å². The minimum atomic E-state index is -0.557. The normalized spacial score (nSPS) is 16.9. The van der Waals surface area contributed by atoms with E-state index in [9.17, 15) is 9.18 Å². The Morgan fingerprint density at radius 3 is 2.38 bits per heavy atom. The highest BCUT2D eigenvalue weighted by atomic mass is 35.5. The van der Waals surface area contributed by atoms with Gasteiger partial charge in [-0.1, -0.05) is 54.8 Å². The van der Waals surface area contributed by atoms with E-state index in [2.05, 4.69) is 0 Å². The van der Waals surface area contributed by atoms with Crippen molar-refractivity contribution in [2.24, 2.45) is 0 Å². The van der Waals surface area contributed by atoms with Crippen LogP contribution < -0.4 is 0 Å². The van der Waals surface area contributed by atoms with Crippen LogP contribution in [-0.4, -0.2) is 5.78 Å². The third kappa shape index (κ3) is 2.49. The largest absolute Gasteiger partial charge is 0.293 e. The van der Waals surface area contributed by atoms with E-state index >= 15 is 0 Å². The van der Waals surface area contributed by atoms with Crippen molar-refractivity contribution in [3.05, 3.63) is 70.5 Å². The zero-order valence-corrected chi connectivity index (χ0v) is 12.4. The molecule has 2 aromatic rings. The number of hydrogen-bond acceptors (Lipinski definition) is 1. The van der Waals surface area contributed by atoms with E-state index in [1.165, 1.54) is 18.2 Å². The zero-order chi connectivity index (χ0) is 14.9. The van der Waals surface area contributed by atoms with E-state index in [0.29, 0.717) is 10.6 Å². The van der Waals surface area contributed by atoms with Gasteiger partial charge in [-0.25, -0.2) is 4.39 Å². The number of Topliss-reactive ketones (excluding diaryl/α,β-unsaturated/α-hetero) is 1. The SMILES string of the molecule is O=C(c1cc(F)ccc1Cl)C1(c2ccccc2)CCCC1. The second-order valence-electron chi connectivity index (χ2n) is 5.61. The van der Waals surface area contributed by atoms with E-state index in [4.69, 9.17) is 11.6 Å². The van der Waals surface area contributed by atoms with Crippen LogP contribution in [-0.2, 0) is 5.41 Å². The maximum absolute atomic E-state index is 13.5. The van der Waals surface area contributed by atoms with Gasteiger partial charge in [0.2, 0.25) is 0 Å². The van der Waals surface area contributed by atoms with Gasteiger partial charge in [-0.05, 0) is 36.6 Å². The summed E-state index contributed by atoms with van der Waals surface area (Å²) < 4.78 is 13.5. The molecular formula is C18H16ClFO. The Morgan fingerprint density at radius 1 is 1.05 bits per heavy atom. The Kier molecular flexibility index (Phi) is 3.81. The summed E-state index contributed by atoms with van der Waals surface area (Å²) in [4.78, 5) is 13.1. The van der Waals surface area contributed by atoms with Crippen molar-refractivity contribution in [2.45, 2.75) is 31.1 Å². The van der Waals surface area contributed by atoms with Crippen LogP contribution >= 0.6 is 11.6 Å². The highest BCUT2D eigenvalue weighted by molar-refractivity contribution is 6.34. The van der Waals surface area contributed by atoms with Crippen molar-refractivity contribution in [3.8, 4) is 0 Å². The molecule has 108 valence electrons. The van der Waals surface area contributed by atoms with Gasteiger partial charge < -0.3 is 0 Å². The van der Waals surface area contributed by atoms with Crippen molar-refractivity contribution in [3.63, 3.8) is 0 Å². The van der Waals surface area contributed by atoms with Gasteiger partial charge in [0, 0.05) is 5.56 Å². The van der Waals surface area contributed by atoms with Gasteiger partial charge in [0.15, 0.2) is 5.78 Å². The van der Waals surface area contributed by atoms with E-state index in [1.807, 2.05) is 30.3 Å². The average Bonchev–Trinajstić information content (AvgIpc) is 3.01. The summed E-state index contributed by atoms with van der Waals surface area (Å²) >= 11 is 6.13. The number of carbonyl (C=O) groups excluding carboxylic acids is 1. The summed E-state index contributed by atoms with van der Waals surface area (Å²) in [6.07, 6.45) is 3.60. The molecule has 1 aliphatic rings. The first-order chi connectivity index (χ1) is 10.1. The van der Waals surface area contributed by atoms with Crippen molar-refractivity contribution < 1.29 is 9.18 Å². The van der Waals surface area contributed by atoms with Crippen LogP contribution in [0.15, 0.2) is 48.5 Å². The summed E-state index contributed by atoms with van der Waals surface area (Å²) in [5.41, 5.74) is 0.744. The van der Waals surface area contributed by atoms with Crippen LogP contribution in [0, 0.1) is 5.82 Å². The monoisotopic (exact) mass is 302 g/mol. The van der Waals surface area contributed by atoms with Gasteiger partial charge >= 0.3 is 0 Å². The number of halogens is 2. The first kappa shape index (κ1) is 14.3. The number of benzene rings is 2. The molecule has 1 aliphatic carbocycles. The molecule has 3 heteroatoms. The van der Waals surface area contributed by atoms with Gasteiger partial charge in [-0.2, -0.15) is 0 Å². The quantitative estimate of drug-likeness (QED) is 0.715. The fourth-order valence-corrected chi connectivity index (χ4v) is 3.52. The smallest absolute Gasteiger partial charge is 0.174 e. The van der Waals surface area contributed by atoms with E-state index in [0.717, 1.165) is 31.2 Å². The Bertz CT molecular complexity index is 660. The first-order valence-corrected chi connectivity index (χ1v) is 7.57. The molecule has 21 heavy (non-hydrogen) atoms. The van der Waals surface area contributed by atoms with Gasteiger partial charge in [0.1, 0.15) is 5.82 Å². The fourth-order valence-electron chi connectivity index (χ4n) is 3.31. The molecule has 0 N–H and O–H groups in total. The standard InChI is InChI=1S/C18H16ClFO/c19-16-9-8-14(20)12-15(16)17(21)18(10-4-5-11-18)13-6-2-1-3-7-13/h1-3,6-9,12H,4-5,10-11H2. The molecule has 0 radical (unpaired) electrons. The van der Waals surface area contributed by atoms with Crippen molar-refractivity contribution in [1.29, 1.82) is 0 Å². The predicted molar refractivity (Wildman–Crippen MR) is 82.3 cm³/mol. The molecule has 1 nitrogen and oxygen atoms in total. The van der Waals surface area contributed by atoms with Gasteiger partial charge in [0.05, 0.1) is 10.4 Å². The molecule has 0 unspecified atom stereocenters. The lowest BCUT2D eigenvalue weighted by atomic mass is 9.73. The summed E-state index contributed by atoms with van der Waals surface area (Å²) in [5.74, 6) is -0.486. The minimum absolute atomic E-state index is 0.0595.